The normalized spacial score (nSPS) is 17.3. The van der Waals surface area contributed by atoms with E-state index in [9.17, 15) is 4.79 Å². The molecule has 37 heavy (non-hydrogen) atoms. The molecule has 0 bridgehead atoms. The number of nitrogens with zero attached hydrogens (tertiary/aromatic N) is 2. The number of hydrogen-bond donors (Lipinski definition) is 0. The summed E-state index contributed by atoms with van der Waals surface area (Å²) in [6.45, 7) is 0.947. The fourth-order valence-corrected chi connectivity index (χ4v) is 5.27. The van der Waals surface area contributed by atoms with Crippen molar-refractivity contribution in [3.63, 3.8) is 0 Å². The van der Waals surface area contributed by atoms with Gasteiger partial charge in [-0.3, -0.25) is 4.98 Å². The first-order valence-corrected chi connectivity index (χ1v) is 11.9. The Morgan fingerprint density at radius 1 is 0.973 bits per heavy atom. The molecule has 1 atom stereocenters. The van der Waals surface area contributed by atoms with Crippen molar-refractivity contribution in [2.75, 3.05) is 46.2 Å². The van der Waals surface area contributed by atoms with Crippen LogP contribution in [0.2, 0.25) is 0 Å². The Balaban J connectivity index is 1.53. The van der Waals surface area contributed by atoms with E-state index in [1.165, 1.54) is 0 Å². The van der Waals surface area contributed by atoms with Gasteiger partial charge in [0.1, 0.15) is 6.61 Å². The number of carbonyl (C=O) groups excluding carboxylic acids is 1. The molecule has 0 saturated carbocycles. The van der Waals surface area contributed by atoms with Crippen LogP contribution in [0, 0.1) is 0 Å². The highest BCUT2D eigenvalue weighted by molar-refractivity contribution is 5.98. The molecule has 2 aromatic carbocycles. The number of aromatic nitrogens is 1. The number of rotatable bonds is 7. The van der Waals surface area contributed by atoms with Gasteiger partial charge in [0.2, 0.25) is 12.5 Å². The first kappa shape index (κ1) is 23.0. The molecule has 3 aliphatic rings. The van der Waals surface area contributed by atoms with Gasteiger partial charge in [0, 0.05) is 42.5 Å². The van der Waals surface area contributed by atoms with Crippen LogP contribution in [-0.2, 0) is 16.0 Å². The Morgan fingerprint density at radius 3 is 2.41 bits per heavy atom. The molecule has 0 fully saturated rings. The van der Waals surface area contributed by atoms with Crippen molar-refractivity contribution in [2.45, 2.75) is 12.3 Å². The summed E-state index contributed by atoms with van der Waals surface area (Å²) in [5.74, 6) is 2.01. The minimum Gasteiger partial charge on any atom is -0.493 e. The summed E-state index contributed by atoms with van der Waals surface area (Å²) in [5, 5.41) is 0. The van der Waals surface area contributed by atoms with Crippen molar-refractivity contribution < 1.29 is 33.2 Å². The lowest BCUT2D eigenvalue weighted by Crippen LogP contribution is -2.33. The second kappa shape index (κ2) is 9.24. The molecule has 0 saturated heterocycles. The van der Waals surface area contributed by atoms with Gasteiger partial charge in [-0.25, -0.2) is 4.79 Å². The quantitative estimate of drug-likeness (QED) is 0.447. The monoisotopic (exact) mass is 502 g/mol. The van der Waals surface area contributed by atoms with Crippen molar-refractivity contribution in [3.8, 4) is 28.7 Å². The maximum Gasteiger partial charge on any atom is 0.337 e. The second-order valence-electron chi connectivity index (χ2n) is 8.82. The number of anilines is 1. The number of hydrogen-bond acceptors (Lipinski definition) is 9. The van der Waals surface area contributed by atoms with Gasteiger partial charge < -0.3 is 33.3 Å². The van der Waals surface area contributed by atoms with E-state index in [0.717, 1.165) is 28.2 Å². The third-order valence-corrected chi connectivity index (χ3v) is 6.95. The Kier molecular flexibility index (Phi) is 5.75. The molecule has 6 rings (SSSR count). The fraction of sp³-hybridized carbons (Fsp3) is 0.286. The molecule has 0 spiro atoms. The fourth-order valence-electron chi connectivity index (χ4n) is 5.27. The van der Waals surface area contributed by atoms with E-state index in [2.05, 4.69) is 9.88 Å². The lowest BCUT2D eigenvalue weighted by molar-refractivity contribution is -0.136. The van der Waals surface area contributed by atoms with E-state index in [1.54, 1.807) is 27.5 Å². The van der Waals surface area contributed by atoms with Crippen LogP contribution in [0.15, 0.2) is 59.9 Å². The van der Waals surface area contributed by atoms with E-state index >= 15 is 0 Å². The number of fused-ring (bicyclic) bond motifs is 2. The SMILES string of the molecule is COc1cc(C2C3=C(COC3=O)N(CCc3ccccn3)c3cc4c(cc32)OCO4)cc(OC)c1OC. The maximum absolute atomic E-state index is 13.2. The summed E-state index contributed by atoms with van der Waals surface area (Å²) >= 11 is 0. The van der Waals surface area contributed by atoms with Crippen LogP contribution >= 0.6 is 0 Å². The number of carbonyl (C=O) groups is 1. The molecule has 0 aliphatic carbocycles. The number of esters is 1. The van der Waals surface area contributed by atoms with Crippen molar-refractivity contribution in [3.05, 3.63) is 76.8 Å². The summed E-state index contributed by atoms with van der Waals surface area (Å²) in [5.41, 5.74) is 5.01. The Labute approximate surface area is 214 Å². The molecule has 4 heterocycles. The Hall–Kier alpha value is -4.40. The van der Waals surface area contributed by atoms with Gasteiger partial charge in [0.05, 0.1) is 32.6 Å². The van der Waals surface area contributed by atoms with E-state index in [4.69, 9.17) is 28.4 Å². The number of cyclic esters (lactones) is 1. The van der Waals surface area contributed by atoms with Crippen LogP contribution < -0.4 is 28.6 Å². The molecule has 9 nitrogen and oxygen atoms in total. The summed E-state index contributed by atoms with van der Waals surface area (Å²) in [4.78, 5) is 19.8. The summed E-state index contributed by atoms with van der Waals surface area (Å²) in [7, 11) is 4.70. The van der Waals surface area contributed by atoms with Gasteiger partial charge in [-0.2, -0.15) is 0 Å². The first-order chi connectivity index (χ1) is 18.1. The molecule has 1 unspecified atom stereocenters. The van der Waals surface area contributed by atoms with Gasteiger partial charge in [-0.15, -0.1) is 0 Å². The van der Waals surface area contributed by atoms with Crippen molar-refractivity contribution in [1.29, 1.82) is 0 Å². The van der Waals surface area contributed by atoms with Crippen molar-refractivity contribution in [1.82, 2.24) is 4.98 Å². The number of pyridine rings is 1. The maximum atomic E-state index is 13.2. The zero-order valence-corrected chi connectivity index (χ0v) is 20.8. The molecule has 190 valence electrons. The third kappa shape index (κ3) is 3.78. The van der Waals surface area contributed by atoms with Gasteiger partial charge in [0.25, 0.3) is 0 Å². The van der Waals surface area contributed by atoms with Crippen molar-refractivity contribution in [2.24, 2.45) is 0 Å². The number of methoxy groups -OCH3 is 3. The smallest absolute Gasteiger partial charge is 0.337 e. The predicted molar refractivity (Wildman–Crippen MR) is 134 cm³/mol. The molecule has 9 heteroatoms. The van der Waals surface area contributed by atoms with Gasteiger partial charge >= 0.3 is 5.97 Å². The van der Waals surface area contributed by atoms with Crippen LogP contribution in [0.25, 0.3) is 0 Å². The van der Waals surface area contributed by atoms with Gasteiger partial charge in [0.15, 0.2) is 23.0 Å². The van der Waals surface area contributed by atoms with Crippen LogP contribution in [0.3, 0.4) is 0 Å². The lowest BCUT2D eigenvalue weighted by atomic mass is 9.80. The van der Waals surface area contributed by atoms with E-state index in [0.29, 0.717) is 47.3 Å². The summed E-state index contributed by atoms with van der Waals surface area (Å²) in [6, 6.07) is 13.5. The molecule has 1 aromatic heterocycles. The molecule has 3 aliphatic heterocycles. The average molecular weight is 503 g/mol. The largest absolute Gasteiger partial charge is 0.493 e. The lowest BCUT2D eigenvalue weighted by Gasteiger charge is -2.36. The minimum absolute atomic E-state index is 0.149. The highest BCUT2D eigenvalue weighted by Gasteiger charge is 2.43. The summed E-state index contributed by atoms with van der Waals surface area (Å²) < 4.78 is 33.8. The van der Waals surface area contributed by atoms with Crippen LogP contribution in [0.5, 0.6) is 28.7 Å². The second-order valence-corrected chi connectivity index (χ2v) is 8.82. The number of benzene rings is 2. The van der Waals surface area contributed by atoms with E-state index in [-0.39, 0.29) is 19.4 Å². The van der Waals surface area contributed by atoms with Crippen molar-refractivity contribution >= 4 is 11.7 Å². The molecular weight excluding hydrogens is 476 g/mol. The molecule has 0 radical (unpaired) electrons. The standard InChI is InChI=1S/C28H26N2O7/c1-32-23-10-16(11-24(33-2)27(23)34-3)25-18-12-21-22(37-15-36-21)13-19(18)30(20-14-35-28(31)26(20)25)9-7-17-6-4-5-8-29-17/h4-6,8,10-13,25H,7,9,14-15H2,1-3H3. The molecule has 3 aromatic rings. The topological polar surface area (TPSA) is 88.6 Å². The van der Waals surface area contributed by atoms with Crippen LogP contribution in [0.4, 0.5) is 5.69 Å². The first-order valence-electron chi connectivity index (χ1n) is 11.9. The zero-order chi connectivity index (χ0) is 25.5. The Bertz CT molecular complexity index is 1380. The van der Waals surface area contributed by atoms with Crippen LogP contribution in [-0.4, -0.2) is 52.2 Å². The minimum atomic E-state index is -0.436. The predicted octanol–water partition coefficient (Wildman–Crippen LogP) is 3.84. The zero-order valence-electron chi connectivity index (χ0n) is 20.8. The molecule has 0 amide bonds. The van der Waals surface area contributed by atoms with E-state index < -0.39 is 5.92 Å². The van der Waals surface area contributed by atoms with Gasteiger partial charge in [-0.1, -0.05) is 6.07 Å². The molecular formula is C28H26N2O7. The van der Waals surface area contributed by atoms with E-state index in [1.807, 2.05) is 42.5 Å². The number of ether oxygens (including phenoxy) is 6. The highest BCUT2D eigenvalue weighted by Crippen LogP contribution is 2.53. The third-order valence-electron chi connectivity index (χ3n) is 6.95. The highest BCUT2D eigenvalue weighted by atomic mass is 16.7. The summed E-state index contributed by atoms with van der Waals surface area (Å²) in [6.07, 6.45) is 2.47. The Morgan fingerprint density at radius 2 is 1.73 bits per heavy atom. The molecule has 0 N–H and O–H groups in total. The average Bonchev–Trinajstić information content (AvgIpc) is 3.56. The van der Waals surface area contributed by atoms with Gasteiger partial charge in [-0.05, 0) is 41.5 Å². The van der Waals surface area contributed by atoms with Crippen LogP contribution in [0.1, 0.15) is 22.7 Å².